The average Bonchev–Trinajstić information content (AvgIpc) is 2.69. The molecule has 82 valence electrons. The van der Waals surface area contributed by atoms with Crippen molar-refractivity contribution in [3.63, 3.8) is 0 Å². The maximum Gasteiger partial charge on any atom is 0.0955 e. The number of unbranched alkanes of at least 4 members (excludes halogenated alkanes) is 6. The molecular formula is C12H24N2. The molecule has 0 saturated heterocycles. The lowest BCUT2D eigenvalue weighted by Crippen LogP contribution is -2.30. The number of nitrogens with one attached hydrogen (secondary N) is 2. The van der Waals surface area contributed by atoms with Gasteiger partial charge in [-0.1, -0.05) is 45.4 Å². The van der Waals surface area contributed by atoms with Crippen molar-refractivity contribution in [2.24, 2.45) is 0 Å². The van der Waals surface area contributed by atoms with Crippen molar-refractivity contribution in [1.29, 1.82) is 0 Å². The van der Waals surface area contributed by atoms with Crippen LogP contribution >= 0.6 is 0 Å². The molecule has 0 saturated carbocycles. The van der Waals surface area contributed by atoms with Crippen LogP contribution in [0.4, 0.5) is 0 Å². The van der Waals surface area contributed by atoms with Gasteiger partial charge in [0.25, 0.3) is 0 Å². The van der Waals surface area contributed by atoms with Gasteiger partial charge >= 0.3 is 0 Å². The van der Waals surface area contributed by atoms with Crippen LogP contribution in [0.25, 0.3) is 0 Å². The molecule has 1 aliphatic rings. The molecule has 0 aromatic heterocycles. The minimum atomic E-state index is 0.505. The zero-order chi connectivity index (χ0) is 10.1. The summed E-state index contributed by atoms with van der Waals surface area (Å²) in [6.07, 6.45) is 15.5. The lowest BCUT2D eigenvalue weighted by Gasteiger charge is -2.11. The van der Waals surface area contributed by atoms with Gasteiger partial charge in [0.2, 0.25) is 0 Å². The van der Waals surface area contributed by atoms with E-state index >= 15 is 0 Å². The van der Waals surface area contributed by atoms with Gasteiger partial charge in [0.05, 0.1) is 6.17 Å². The molecule has 0 spiro atoms. The molecule has 0 atom stereocenters. The maximum atomic E-state index is 3.28. The first kappa shape index (κ1) is 11.4. The second-order valence-electron chi connectivity index (χ2n) is 4.13. The highest BCUT2D eigenvalue weighted by molar-refractivity contribution is 4.90. The normalized spacial score (nSPS) is 15.5. The first-order valence-corrected chi connectivity index (χ1v) is 6.10. The Labute approximate surface area is 88.2 Å². The second kappa shape index (κ2) is 7.72. The Morgan fingerprint density at radius 1 is 0.857 bits per heavy atom. The molecule has 0 radical (unpaired) electrons. The van der Waals surface area contributed by atoms with Crippen LogP contribution in [0.2, 0.25) is 0 Å². The van der Waals surface area contributed by atoms with Gasteiger partial charge in [0, 0.05) is 12.4 Å². The standard InChI is InChI=1S/C12H24N2/c1-2-3-4-5-6-7-8-9-12-13-10-11-14-12/h10-14H,2-9H2,1H3. The molecule has 14 heavy (non-hydrogen) atoms. The second-order valence-corrected chi connectivity index (χ2v) is 4.13. The number of rotatable bonds is 8. The summed E-state index contributed by atoms with van der Waals surface area (Å²) < 4.78 is 0. The van der Waals surface area contributed by atoms with E-state index in [-0.39, 0.29) is 0 Å². The van der Waals surface area contributed by atoms with Gasteiger partial charge in [-0.05, 0) is 12.8 Å². The molecule has 0 bridgehead atoms. The zero-order valence-electron chi connectivity index (χ0n) is 9.39. The molecule has 1 aliphatic heterocycles. The summed E-state index contributed by atoms with van der Waals surface area (Å²) in [4.78, 5) is 0. The fourth-order valence-corrected chi connectivity index (χ4v) is 1.85. The third-order valence-electron chi connectivity index (χ3n) is 2.77. The van der Waals surface area contributed by atoms with E-state index in [0.717, 1.165) is 0 Å². The summed E-state index contributed by atoms with van der Waals surface area (Å²) in [7, 11) is 0. The summed E-state index contributed by atoms with van der Waals surface area (Å²) >= 11 is 0. The van der Waals surface area contributed by atoms with E-state index in [1.807, 2.05) is 12.4 Å². The summed E-state index contributed by atoms with van der Waals surface area (Å²) in [5, 5.41) is 6.55. The third-order valence-corrected chi connectivity index (χ3v) is 2.77. The molecule has 0 aromatic carbocycles. The van der Waals surface area contributed by atoms with Gasteiger partial charge in [0.1, 0.15) is 0 Å². The molecule has 2 N–H and O–H groups in total. The van der Waals surface area contributed by atoms with E-state index in [4.69, 9.17) is 0 Å². The molecule has 1 heterocycles. The Balaban J connectivity index is 1.75. The highest BCUT2D eigenvalue weighted by Crippen LogP contribution is 2.09. The predicted octanol–water partition coefficient (Wildman–Crippen LogP) is 3.12. The van der Waals surface area contributed by atoms with Crippen molar-refractivity contribution in [2.45, 2.75) is 64.5 Å². The lowest BCUT2D eigenvalue weighted by molar-refractivity contribution is 0.482. The van der Waals surface area contributed by atoms with Crippen molar-refractivity contribution in [1.82, 2.24) is 10.6 Å². The van der Waals surface area contributed by atoms with Crippen LogP contribution in [0.3, 0.4) is 0 Å². The van der Waals surface area contributed by atoms with Gasteiger partial charge in [-0.15, -0.1) is 0 Å². The smallest absolute Gasteiger partial charge is 0.0955 e. The maximum absolute atomic E-state index is 3.28. The SMILES string of the molecule is CCCCCCCCCC1NC=CN1. The Morgan fingerprint density at radius 3 is 2.07 bits per heavy atom. The molecule has 0 aliphatic carbocycles. The molecular weight excluding hydrogens is 172 g/mol. The van der Waals surface area contributed by atoms with Crippen molar-refractivity contribution in [3.05, 3.63) is 12.4 Å². The van der Waals surface area contributed by atoms with Crippen molar-refractivity contribution in [2.75, 3.05) is 0 Å². The van der Waals surface area contributed by atoms with Crippen LogP contribution in [0.15, 0.2) is 12.4 Å². The monoisotopic (exact) mass is 196 g/mol. The fraction of sp³-hybridized carbons (Fsp3) is 0.833. The third kappa shape index (κ3) is 5.15. The van der Waals surface area contributed by atoms with Gasteiger partial charge in [0.15, 0.2) is 0 Å². The molecule has 2 heteroatoms. The highest BCUT2D eigenvalue weighted by Gasteiger charge is 2.05. The minimum absolute atomic E-state index is 0.505. The Morgan fingerprint density at radius 2 is 1.43 bits per heavy atom. The van der Waals surface area contributed by atoms with E-state index in [0.29, 0.717) is 6.17 Å². The topological polar surface area (TPSA) is 24.1 Å². The van der Waals surface area contributed by atoms with E-state index in [9.17, 15) is 0 Å². The van der Waals surface area contributed by atoms with E-state index < -0.39 is 0 Å². The lowest BCUT2D eigenvalue weighted by atomic mass is 10.1. The van der Waals surface area contributed by atoms with Crippen LogP contribution in [-0.2, 0) is 0 Å². The molecule has 0 amide bonds. The van der Waals surface area contributed by atoms with Gasteiger partial charge in [-0.3, -0.25) is 0 Å². The van der Waals surface area contributed by atoms with Crippen molar-refractivity contribution < 1.29 is 0 Å². The van der Waals surface area contributed by atoms with Crippen LogP contribution < -0.4 is 10.6 Å². The zero-order valence-corrected chi connectivity index (χ0v) is 9.39. The fourth-order valence-electron chi connectivity index (χ4n) is 1.85. The summed E-state index contributed by atoms with van der Waals surface area (Å²) in [6, 6.07) is 0. The van der Waals surface area contributed by atoms with E-state index in [1.54, 1.807) is 0 Å². The number of hydrogen-bond acceptors (Lipinski definition) is 2. The summed E-state index contributed by atoms with van der Waals surface area (Å²) in [5.41, 5.74) is 0. The first-order valence-electron chi connectivity index (χ1n) is 6.10. The summed E-state index contributed by atoms with van der Waals surface area (Å²) in [6.45, 7) is 2.27. The largest absolute Gasteiger partial charge is 0.370 e. The van der Waals surface area contributed by atoms with Crippen LogP contribution in [-0.4, -0.2) is 6.17 Å². The molecule has 0 fully saturated rings. The first-order chi connectivity index (χ1) is 6.93. The Kier molecular flexibility index (Phi) is 6.29. The van der Waals surface area contributed by atoms with Crippen molar-refractivity contribution >= 4 is 0 Å². The van der Waals surface area contributed by atoms with Crippen LogP contribution in [0.5, 0.6) is 0 Å². The van der Waals surface area contributed by atoms with E-state index in [2.05, 4.69) is 17.6 Å². The van der Waals surface area contributed by atoms with Crippen LogP contribution in [0, 0.1) is 0 Å². The minimum Gasteiger partial charge on any atom is -0.370 e. The Hall–Kier alpha value is -0.660. The van der Waals surface area contributed by atoms with E-state index in [1.165, 1.54) is 51.4 Å². The van der Waals surface area contributed by atoms with Gasteiger partial charge < -0.3 is 10.6 Å². The van der Waals surface area contributed by atoms with Crippen molar-refractivity contribution in [3.8, 4) is 0 Å². The Bertz CT molecular complexity index is 146. The molecule has 1 rings (SSSR count). The highest BCUT2D eigenvalue weighted by atomic mass is 15.1. The average molecular weight is 196 g/mol. The van der Waals surface area contributed by atoms with Gasteiger partial charge in [-0.2, -0.15) is 0 Å². The number of hydrogen-bond donors (Lipinski definition) is 2. The van der Waals surface area contributed by atoms with Crippen LogP contribution in [0.1, 0.15) is 58.3 Å². The molecule has 2 nitrogen and oxygen atoms in total. The van der Waals surface area contributed by atoms with Gasteiger partial charge in [-0.25, -0.2) is 0 Å². The predicted molar refractivity (Wildman–Crippen MR) is 61.8 cm³/mol. The molecule has 0 unspecified atom stereocenters. The quantitative estimate of drug-likeness (QED) is 0.583. The molecule has 0 aromatic rings. The summed E-state index contributed by atoms with van der Waals surface area (Å²) in [5.74, 6) is 0.